The van der Waals surface area contributed by atoms with E-state index in [0.29, 0.717) is 0 Å². The lowest BCUT2D eigenvalue weighted by molar-refractivity contribution is 0.0864. The molecular formula is C7H11N3O2S. The Morgan fingerprint density at radius 1 is 1.77 bits per heavy atom. The summed E-state index contributed by atoms with van der Waals surface area (Å²) < 4.78 is 3.57. The molecule has 0 aliphatic heterocycles. The van der Waals surface area contributed by atoms with Gasteiger partial charge in [0, 0.05) is 5.38 Å². The van der Waals surface area contributed by atoms with Gasteiger partial charge >= 0.3 is 0 Å². The Labute approximate surface area is 80.0 Å². The molecule has 0 spiro atoms. The Morgan fingerprint density at radius 2 is 2.46 bits per heavy atom. The van der Waals surface area contributed by atoms with Crippen LogP contribution in [0.5, 0.6) is 0 Å². The van der Waals surface area contributed by atoms with Gasteiger partial charge in [-0.05, 0) is 25.4 Å². The summed E-state index contributed by atoms with van der Waals surface area (Å²) in [6.45, 7) is 3.34. The van der Waals surface area contributed by atoms with Crippen LogP contribution in [0.4, 0.5) is 0 Å². The van der Waals surface area contributed by atoms with Gasteiger partial charge in [0.25, 0.3) is 5.91 Å². The van der Waals surface area contributed by atoms with Crippen LogP contribution in [-0.4, -0.2) is 32.7 Å². The lowest BCUT2D eigenvalue weighted by Gasteiger charge is -2.22. The van der Waals surface area contributed by atoms with E-state index in [1.54, 1.807) is 19.2 Å². The topological polar surface area (TPSA) is 75.1 Å². The van der Waals surface area contributed by atoms with Gasteiger partial charge in [-0.1, -0.05) is 4.49 Å². The largest absolute Gasteiger partial charge is 0.394 e. The number of hydrogen-bond acceptors (Lipinski definition) is 5. The summed E-state index contributed by atoms with van der Waals surface area (Å²) in [6.07, 6.45) is 0. The number of aliphatic hydroxyl groups excluding tert-OH is 1. The minimum atomic E-state index is -0.624. The van der Waals surface area contributed by atoms with Crippen LogP contribution in [0.1, 0.15) is 24.3 Å². The molecule has 1 aromatic rings. The summed E-state index contributed by atoms with van der Waals surface area (Å²) in [5.41, 5.74) is -0.340. The van der Waals surface area contributed by atoms with Gasteiger partial charge in [-0.15, -0.1) is 5.10 Å². The standard InChI is InChI=1S/C7H11N3O2S/c1-7(2,4-11)8-6(12)5-3-13-10-9-5/h3,11H,4H2,1-2H3,(H,8,12). The highest BCUT2D eigenvalue weighted by atomic mass is 32.1. The van der Waals surface area contributed by atoms with Crippen molar-refractivity contribution in [3.05, 3.63) is 11.1 Å². The third-order valence-corrected chi connectivity index (χ3v) is 1.94. The van der Waals surface area contributed by atoms with Gasteiger partial charge in [-0.2, -0.15) is 0 Å². The third-order valence-electron chi connectivity index (χ3n) is 1.44. The van der Waals surface area contributed by atoms with E-state index in [2.05, 4.69) is 14.9 Å². The van der Waals surface area contributed by atoms with Crippen LogP contribution in [0.25, 0.3) is 0 Å². The molecule has 2 N–H and O–H groups in total. The molecule has 0 bridgehead atoms. The molecule has 0 atom stereocenters. The van der Waals surface area contributed by atoms with Gasteiger partial charge in [-0.25, -0.2) is 0 Å². The van der Waals surface area contributed by atoms with Crippen LogP contribution in [0.3, 0.4) is 0 Å². The molecule has 1 heterocycles. The number of aliphatic hydroxyl groups is 1. The van der Waals surface area contributed by atoms with E-state index in [0.717, 1.165) is 11.5 Å². The van der Waals surface area contributed by atoms with E-state index in [9.17, 15) is 4.79 Å². The van der Waals surface area contributed by atoms with Crippen molar-refractivity contribution in [1.82, 2.24) is 14.9 Å². The van der Waals surface area contributed by atoms with E-state index >= 15 is 0 Å². The number of carbonyl (C=O) groups is 1. The highest BCUT2D eigenvalue weighted by Gasteiger charge is 2.20. The first-order chi connectivity index (χ1) is 6.05. The number of rotatable bonds is 3. The molecule has 1 amide bonds. The zero-order valence-corrected chi connectivity index (χ0v) is 8.26. The highest BCUT2D eigenvalue weighted by Crippen LogP contribution is 2.03. The molecular weight excluding hydrogens is 190 g/mol. The summed E-state index contributed by atoms with van der Waals surface area (Å²) in [5, 5.41) is 16.7. The van der Waals surface area contributed by atoms with E-state index < -0.39 is 5.54 Å². The zero-order chi connectivity index (χ0) is 9.90. The average Bonchev–Trinajstić information content (AvgIpc) is 2.55. The highest BCUT2D eigenvalue weighted by molar-refractivity contribution is 7.03. The molecule has 0 aliphatic carbocycles. The summed E-state index contributed by atoms with van der Waals surface area (Å²) >= 11 is 1.12. The Bertz CT molecular complexity index is 284. The van der Waals surface area contributed by atoms with Gasteiger partial charge in [0.1, 0.15) is 0 Å². The Kier molecular flexibility index (Phi) is 2.94. The van der Waals surface area contributed by atoms with Crippen molar-refractivity contribution >= 4 is 17.4 Å². The second kappa shape index (κ2) is 3.80. The van der Waals surface area contributed by atoms with Gasteiger partial charge in [0.2, 0.25) is 0 Å². The Morgan fingerprint density at radius 3 is 2.92 bits per heavy atom. The van der Waals surface area contributed by atoms with E-state index in [-0.39, 0.29) is 18.2 Å². The predicted octanol–water partition coefficient (Wildman–Crippen LogP) is 0.0388. The molecule has 1 rings (SSSR count). The molecule has 72 valence electrons. The SMILES string of the molecule is CC(C)(CO)NC(=O)c1csnn1. The van der Waals surface area contributed by atoms with Gasteiger partial charge < -0.3 is 10.4 Å². The maximum absolute atomic E-state index is 11.4. The monoisotopic (exact) mass is 201 g/mol. The average molecular weight is 201 g/mol. The molecule has 0 aliphatic rings. The molecule has 13 heavy (non-hydrogen) atoms. The van der Waals surface area contributed by atoms with Crippen molar-refractivity contribution < 1.29 is 9.90 Å². The lowest BCUT2D eigenvalue weighted by Crippen LogP contribution is -2.46. The maximum atomic E-state index is 11.4. The van der Waals surface area contributed by atoms with Crippen molar-refractivity contribution in [2.75, 3.05) is 6.61 Å². The van der Waals surface area contributed by atoms with Crippen LogP contribution < -0.4 is 5.32 Å². The first-order valence-electron chi connectivity index (χ1n) is 3.75. The zero-order valence-electron chi connectivity index (χ0n) is 7.44. The fraction of sp³-hybridized carbons (Fsp3) is 0.571. The second-order valence-electron chi connectivity index (χ2n) is 3.29. The van der Waals surface area contributed by atoms with E-state index in [1.165, 1.54) is 0 Å². The van der Waals surface area contributed by atoms with Gasteiger partial charge in [0.05, 0.1) is 12.1 Å². The summed E-state index contributed by atoms with van der Waals surface area (Å²) in [4.78, 5) is 11.4. The fourth-order valence-electron chi connectivity index (χ4n) is 0.674. The number of aromatic nitrogens is 2. The number of hydrogen-bond donors (Lipinski definition) is 2. The van der Waals surface area contributed by atoms with Crippen LogP contribution in [-0.2, 0) is 0 Å². The summed E-state index contributed by atoms with van der Waals surface area (Å²) in [7, 11) is 0. The van der Waals surface area contributed by atoms with Gasteiger partial charge in [-0.3, -0.25) is 4.79 Å². The molecule has 1 aromatic heterocycles. The third kappa shape index (κ3) is 2.74. The minimum Gasteiger partial charge on any atom is -0.394 e. The summed E-state index contributed by atoms with van der Waals surface area (Å²) in [5.74, 6) is -0.312. The van der Waals surface area contributed by atoms with Crippen molar-refractivity contribution in [1.29, 1.82) is 0 Å². The Balaban J connectivity index is 2.61. The number of nitrogens with one attached hydrogen (secondary N) is 1. The van der Waals surface area contributed by atoms with Crippen LogP contribution in [0, 0.1) is 0 Å². The number of nitrogens with zero attached hydrogens (tertiary/aromatic N) is 2. The maximum Gasteiger partial charge on any atom is 0.273 e. The van der Waals surface area contributed by atoms with Crippen molar-refractivity contribution in [3.8, 4) is 0 Å². The number of carbonyl (C=O) groups excluding carboxylic acids is 1. The van der Waals surface area contributed by atoms with Crippen LogP contribution in [0.15, 0.2) is 5.38 Å². The quantitative estimate of drug-likeness (QED) is 0.724. The second-order valence-corrected chi connectivity index (χ2v) is 3.90. The molecule has 0 fully saturated rings. The molecule has 0 aromatic carbocycles. The lowest BCUT2D eigenvalue weighted by atomic mass is 10.1. The van der Waals surface area contributed by atoms with E-state index in [4.69, 9.17) is 5.11 Å². The van der Waals surface area contributed by atoms with Crippen molar-refractivity contribution in [2.24, 2.45) is 0 Å². The molecule has 0 saturated carbocycles. The molecule has 0 saturated heterocycles. The summed E-state index contributed by atoms with van der Waals surface area (Å²) in [6, 6.07) is 0. The number of amides is 1. The molecule has 0 unspecified atom stereocenters. The minimum absolute atomic E-state index is 0.115. The van der Waals surface area contributed by atoms with E-state index in [1.807, 2.05) is 0 Å². The smallest absolute Gasteiger partial charge is 0.273 e. The first-order valence-corrected chi connectivity index (χ1v) is 4.59. The normalized spacial score (nSPS) is 11.3. The van der Waals surface area contributed by atoms with Crippen molar-refractivity contribution in [3.63, 3.8) is 0 Å². The molecule has 6 heteroatoms. The fourth-order valence-corrected chi connectivity index (χ4v) is 1.11. The van der Waals surface area contributed by atoms with Gasteiger partial charge in [0.15, 0.2) is 5.69 Å². The van der Waals surface area contributed by atoms with Crippen molar-refractivity contribution in [2.45, 2.75) is 19.4 Å². The molecule has 5 nitrogen and oxygen atoms in total. The predicted molar refractivity (Wildman–Crippen MR) is 48.5 cm³/mol. The molecule has 0 radical (unpaired) electrons. The van der Waals surface area contributed by atoms with Crippen LogP contribution >= 0.6 is 11.5 Å². The Hall–Kier alpha value is -1.01. The van der Waals surface area contributed by atoms with Crippen LogP contribution in [0.2, 0.25) is 0 Å². The first kappa shape index (κ1) is 10.1.